The van der Waals surface area contributed by atoms with Gasteiger partial charge in [-0.3, -0.25) is 4.79 Å². The minimum atomic E-state index is -4.77. The van der Waals surface area contributed by atoms with Crippen molar-refractivity contribution >= 4 is 35.3 Å². The van der Waals surface area contributed by atoms with E-state index in [2.05, 4.69) is 25.0 Å². The number of carbonyl (C=O) groups is 1. The molecule has 0 aliphatic heterocycles. The van der Waals surface area contributed by atoms with Crippen LogP contribution in [0.1, 0.15) is 6.92 Å². The summed E-state index contributed by atoms with van der Waals surface area (Å²) in [6.45, 7) is 1.59. The van der Waals surface area contributed by atoms with Crippen molar-refractivity contribution in [3.05, 3.63) is 24.3 Å². The predicted molar refractivity (Wildman–Crippen MR) is 85.7 cm³/mol. The van der Waals surface area contributed by atoms with Crippen molar-refractivity contribution in [2.75, 3.05) is 16.8 Å². The van der Waals surface area contributed by atoms with Crippen LogP contribution in [0.2, 0.25) is 0 Å². The smallest absolute Gasteiger partial charge is 0.406 e. The molecule has 5 N–H and O–H groups in total. The molecule has 1 amide bonds. The Bertz CT molecular complexity index is 736. The molecule has 1 unspecified atom stereocenters. The number of hydrogen-bond donors (Lipinski definition) is 3. The lowest BCUT2D eigenvalue weighted by atomic mass is 10.3. The number of hydrogen-bond acceptors (Lipinski definition) is 8. The summed E-state index contributed by atoms with van der Waals surface area (Å²) in [7, 11) is 0. The molecule has 2 aromatic rings. The van der Waals surface area contributed by atoms with Crippen LogP contribution in [-0.4, -0.2) is 32.5 Å². The van der Waals surface area contributed by atoms with Gasteiger partial charge in [0.15, 0.2) is 5.16 Å². The standard InChI is InChI=1S/C13H13F3N6O2S/c1-6(25-12-21-10(17)20-11(18)22-12)9(23)19-7-2-4-8(5-3-7)24-13(14,15)16/h2-6H,1H3,(H,19,23)(H4,17,18,20,21,22). The maximum absolute atomic E-state index is 12.1. The van der Waals surface area contributed by atoms with Crippen molar-refractivity contribution in [3.8, 4) is 5.75 Å². The summed E-state index contributed by atoms with van der Waals surface area (Å²) < 4.78 is 40.0. The number of alkyl halides is 3. The summed E-state index contributed by atoms with van der Waals surface area (Å²) in [5.74, 6) is -0.929. The van der Waals surface area contributed by atoms with E-state index in [0.29, 0.717) is 5.69 Å². The van der Waals surface area contributed by atoms with Crippen LogP contribution >= 0.6 is 11.8 Å². The number of anilines is 3. The van der Waals surface area contributed by atoms with Gasteiger partial charge < -0.3 is 21.5 Å². The Hall–Kier alpha value is -2.76. The number of nitrogens with two attached hydrogens (primary N) is 2. The SMILES string of the molecule is CC(Sc1nc(N)nc(N)n1)C(=O)Nc1ccc(OC(F)(F)F)cc1. The van der Waals surface area contributed by atoms with Crippen LogP contribution in [0, 0.1) is 0 Å². The van der Waals surface area contributed by atoms with Gasteiger partial charge in [0, 0.05) is 5.69 Å². The summed E-state index contributed by atoms with van der Waals surface area (Å²) in [4.78, 5) is 23.4. The highest BCUT2D eigenvalue weighted by atomic mass is 32.2. The first-order valence-corrected chi connectivity index (χ1v) is 7.61. The molecule has 134 valence electrons. The summed E-state index contributed by atoms with van der Waals surface area (Å²) in [6, 6.07) is 4.76. The minimum absolute atomic E-state index is 0.0668. The minimum Gasteiger partial charge on any atom is -0.406 e. The van der Waals surface area contributed by atoms with Crippen LogP contribution < -0.4 is 21.5 Å². The lowest BCUT2D eigenvalue weighted by Gasteiger charge is -2.12. The van der Waals surface area contributed by atoms with E-state index in [1.54, 1.807) is 6.92 Å². The predicted octanol–water partition coefficient (Wildman–Crippen LogP) is 2.05. The summed E-state index contributed by atoms with van der Waals surface area (Å²) in [5.41, 5.74) is 11.2. The third-order valence-electron chi connectivity index (χ3n) is 2.66. The number of rotatable bonds is 5. The van der Waals surface area contributed by atoms with E-state index < -0.39 is 17.5 Å². The fourth-order valence-electron chi connectivity index (χ4n) is 1.64. The van der Waals surface area contributed by atoms with E-state index >= 15 is 0 Å². The zero-order chi connectivity index (χ0) is 18.6. The molecule has 0 radical (unpaired) electrons. The van der Waals surface area contributed by atoms with Crippen LogP contribution in [0.3, 0.4) is 0 Å². The van der Waals surface area contributed by atoms with Crippen LogP contribution in [0.15, 0.2) is 29.4 Å². The molecule has 1 aromatic heterocycles. The van der Waals surface area contributed by atoms with Gasteiger partial charge in [-0.05, 0) is 31.2 Å². The Labute approximate surface area is 144 Å². The highest BCUT2D eigenvalue weighted by Crippen LogP contribution is 2.25. The maximum Gasteiger partial charge on any atom is 0.573 e. The topological polar surface area (TPSA) is 129 Å². The number of nitrogen functional groups attached to an aromatic ring is 2. The molecule has 1 heterocycles. The van der Waals surface area contributed by atoms with Crippen molar-refractivity contribution in [1.82, 2.24) is 15.0 Å². The number of nitrogens with zero attached hydrogens (tertiary/aromatic N) is 3. The quantitative estimate of drug-likeness (QED) is 0.678. The van der Waals surface area contributed by atoms with Gasteiger partial charge in [-0.1, -0.05) is 11.8 Å². The summed E-state index contributed by atoms with van der Waals surface area (Å²) in [5, 5.41) is 2.11. The first-order valence-electron chi connectivity index (χ1n) is 6.73. The average molecular weight is 374 g/mol. The van der Waals surface area contributed by atoms with Crippen LogP contribution in [0.5, 0.6) is 5.75 Å². The van der Waals surface area contributed by atoms with Gasteiger partial charge in [0.25, 0.3) is 0 Å². The Morgan fingerprint density at radius 2 is 1.72 bits per heavy atom. The van der Waals surface area contributed by atoms with Gasteiger partial charge in [-0.25, -0.2) is 0 Å². The molecule has 2 rings (SSSR count). The van der Waals surface area contributed by atoms with E-state index in [1.165, 1.54) is 12.1 Å². The van der Waals surface area contributed by atoms with Gasteiger partial charge in [-0.15, -0.1) is 13.2 Å². The van der Waals surface area contributed by atoms with Crippen molar-refractivity contribution < 1.29 is 22.7 Å². The molecule has 0 aliphatic rings. The van der Waals surface area contributed by atoms with Crippen molar-refractivity contribution in [1.29, 1.82) is 0 Å². The third-order valence-corrected chi connectivity index (χ3v) is 3.62. The first kappa shape index (κ1) is 18.6. The first-order chi connectivity index (χ1) is 11.6. The van der Waals surface area contributed by atoms with E-state index in [9.17, 15) is 18.0 Å². The number of thioether (sulfide) groups is 1. The van der Waals surface area contributed by atoms with E-state index in [1.807, 2.05) is 0 Å². The molecule has 0 spiro atoms. The van der Waals surface area contributed by atoms with E-state index in [4.69, 9.17) is 11.5 Å². The van der Waals surface area contributed by atoms with Gasteiger partial charge >= 0.3 is 6.36 Å². The van der Waals surface area contributed by atoms with Gasteiger partial charge in [0.2, 0.25) is 17.8 Å². The fraction of sp³-hybridized carbons (Fsp3) is 0.231. The lowest BCUT2D eigenvalue weighted by Crippen LogP contribution is -2.23. The zero-order valence-electron chi connectivity index (χ0n) is 12.7. The van der Waals surface area contributed by atoms with Crippen molar-refractivity contribution in [3.63, 3.8) is 0 Å². The fourth-order valence-corrected chi connectivity index (χ4v) is 2.41. The summed E-state index contributed by atoms with van der Waals surface area (Å²) >= 11 is 1.00. The van der Waals surface area contributed by atoms with Crippen LogP contribution in [0.25, 0.3) is 0 Å². The van der Waals surface area contributed by atoms with Gasteiger partial charge in [0.05, 0.1) is 5.25 Å². The third kappa shape index (κ3) is 5.99. The maximum atomic E-state index is 12.1. The van der Waals surface area contributed by atoms with Gasteiger partial charge in [-0.2, -0.15) is 15.0 Å². The van der Waals surface area contributed by atoms with Crippen molar-refractivity contribution in [2.45, 2.75) is 23.7 Å². The second-order valence-corrected chi connectivity index (χ2v) is 5.96. The monoisotopic (exact) mass is 374 g/mol. The Morgan fingerprint density at radius 3 is 2.24 bits per heavy atom. The normalized spacial score (nSPS) is 12.5. The second kappa shape index (κ2) is 7.42. The molecule has 0 bridgehead atoms. The average Bonchev–Trinajstić information content (AvgIpc) is 2.46. The number of nitrogens with one attached hydrogen (secondary N) is 1. The molecule has 1 atom stereocenters. The Morgan fingerprint density at radius 1 is 1.16 bits per heavy atom. The molecule has 8 nitrogen and oxygen atoms in total. The highest BCUT2D eigenvalue weighted by Gasteiger charge is 2.31. The highest BCUT2D eigenvalue weighted by molar-refractivity contribution is 8.00. The number of benzene rings is 1. The number of aromatic nitrogens is 3. The Balaban J connectivity index is 1.96. The molecule has 0 aliphatic carbocycles. The molecular formula is C13H13F3N6O2S. The van der Waals surface area contributed by atoms with E-state index in [0.717, 1.165) is 23.9 Å². The molecule has 12 heteroatoms. The number of ether oxygens (including phenoxy) is 1. The molecule has 25 heavy (non-hydrogen) atoms. The number of carbonyl (C=O) groups excluding carboxylic acids is 1. The molecular weight excluding hydrogens is 361 g/mol. The zero-order valence-corrected chi connectivity index (χ0v) is 13.6. The molecule has 0 saturated carbocycles. The second-order valence-electron chi connectivity index (χ2n) is 4.66. The lowest BCUT2D eigenvalue weighted by molar-refractivity contribution is -0.274. The number of halogens is 3. The molecule has 0 fully saturated rings. The van der Waals surface area contributed by atoms with Crippen LogP contribution in [0.4, 0.5) is 30.8 Å². The summed E-state index contributed by atoms with van der Waals surface area (Å²) in [6.07, 6.45) is -4.77. The molecule has 0 saturated heterocycles. The van der Waals surface area contributed by atoms with Crippen LogP contribution in [-0.2, 0) is 4.79 Å². The largest absolute Gasteiger partial charge is 0.573 e. The van der Waals surface area contributed by atoms with Crippen molar-refractivity contribution in [2.24, 2.45) is 0 Å². The van der Waals surface area contributed by atoms with E-state index in [-0.39, 0.29) is 22.8 Å². The number of amides is 1. The molecule has 1 aromatic carbocycles. The Kier molecular flexibility index (Phi) is 5.51. The van der Waals surface area contributed by atoms with Gasteiger partial charge in [0.1, 0.15) is 5.75 Å².